The van der Waals surface area contributed by atoms with Crippen LogP contribution in [0.1, 0.15) is 80.6 Å². The van der Waals surface area contributed by atoms with Crippen molar-refractivity contribution in [1.82, 2.24) is 0 Å². The third-order valence-electron chi connectivity index (χ3n) is 10.2. The molecule has 2 aliphatic carbocycles. The number of ether oxygens (including phenoxy) is 6. The van der Waals surface area contributed by atoms with Crippen molar-refractivity contribution >= 4 is 29.8 Å². The van der Waals surface area contributed by atoms with E-state index >= 15 is 0 Å². The monoisotopic (exact) mass is 592 g/mol. The van der Waals surface area contributed by atoms with E-state index in [4.69, 9.17) is 28.4 Å². The summed E-state index contributed by atoms with van der Waals surface area (Å²) in [4.78, 5) is 62.3. The highest BCUT2D eigenvalue weighted by Crippen LogP contribution is 2.70. The molecule has 2 saturated carbocycles. The minimum absolute atomic E-state index is 0.0000482. The van der Waals surface area contributed by atoms with Gasteiger partial charge in [0.1, 0.15) is 37.1 Å². The van der Waals surface area contributed by atoms with Gasteiger partial charge in [-0.05, 0) is 43.4 Å². The molecule has 0 bridgehead atoms. The van der Waals surface area contributed by atoms with E-state index in [2.05, 4.69) is 6.92 Å². The van der Waals surface area contributed by atoms with Crippen LogP contribution in [0, 0.1) is 28.6 Å². The van der Waals surface area contributed by atoms with Gasteiger partial charge in [-0.15, -0.1) is 0 Å². The molecule has 0 aromatic heterocycles. The van der Waals surface area contributed by atoms with Gasteiger partial charge in [0.2, 0.25) is 0 Å². The van der Waals surface area contributed by atoms with Gasteiger partial charge in [-0.2, -0.15) is 0 Å². The van der Waals surface area contributed by atoms with Gasteiger partial charge in [-0.3, -0.25) is 19.2 Å². The molecule has 11 heteroatoms. The second-order valence-corrected chi connectivity index (χ2v) is 12.8. The fraction of sp³-hybridized carbons (Fsp3) is 0.774. The smallest absolute Gasteiger partial charge is 0.331 e. The summed E-state index contributed by atoms with van der Waals surface area (Å²) in [5.41, 5.74) is -2.01. The number of epoxide rings is 1. The number of hydrogen-bond acceptors (Lipinski definition) is 11. The van der Waals surface area contributed by atoms with Crippen LogP contribution < -0.4 is 0 Å². The Kier molecular flexibility index (Phi) is 9.11. The van der Waals surface area contributed by atoms with Crippen molar-refractivity contribution < 1.29 is 52.4 Å². The average molecular weight is 593 g/mol. The predicted molar refractivity (Wildman–Crippen MR) is 146 cm³/mol. The lowest BCUT2D eigenvalue weighted by molar-refractivity contribution is -0.260. The maximum atomic E-state index is 13.3. The fourth-order valence-corrected chi connectivity index (χ4v) is 7.70. The SMILES string of the molecule is CC[C@H](C)C(=O)O[C@@H]1CC[C@]2(CO2)[C@]2(COC(C)=O)[C@@H](OC(C)=O)C[C@@H](C)[C@](C)(C[C@H](OC(C)=O)C3=CC(=O)OC3)[C@@H]12. The normalized spacial score (nSPS) is 36.5. The highest BCUT2D eigenvalue weighted by atomic mass is 16.6. The van der Waals surface area contributed by atoms with Gasteiger partial charge in [0.15, 0.2) is 0 Å². The van der Waals surface area contributed by atoms with Crippen molar-refractivity contribution in [2.75, 3.05) is 19.8 Å². The molecular formula is C31H44O11. The molecule has 3 fully saturated rings. The molecule has 234 valence electrons. The fourth-order valence-electron chi connectivity index (χ4n) is 7.70. The van der Waals surface area contributed by atoms with Crippen LogP contribution in [-0.4, -0.2) is 73.6 Å². The van der Waals surface area contributed by atoms with Crippen molar-refractivity contribution in [3.8, 4) is 0 Å². The third kappa shape index (κ3) is 5.81. The van der Waals surface area contributed by atoms with Crippen LogP contribution in [-0.2, 0) is 52.4 Å². The van der Waals surface area contributed by atoms with E-state index in [1.165, 1.54) is 26.8 Å². The lowest BCUT2D eigenvalue weighted by Gasteiger charge is -2.64. The van der Waals surface area contributed by atoms with Crippen LogP contribution in [0.15, 0.2) is 11.6 Å². The number of fused-ring (bicyclic) bond motifs is 2. The number of carbonyl (C=O) groups excluding carboxylic acids is 5. The summed E-state index contributed by atoms with van der Waals surface area (Å²) in [6, 6.07) is 0. The van der Waals surface area contributed by atoms with E-state index in [1.807, 2.05) is 20.8 Å². The van der Waals surface area contributed by atoms with Crippen LogP contribution >= 0.6 is 0 Å². The van der Waals surface area contributed by atoms with Crippen LogP contribution in [0.2, 0.25) is 0 Å². The third-order valence-corrected chi connectivity index (χ3v) is 10.2. The Labute approximate surface area is 246 Å². The van der Waals surface area contributed by atoms with Crippen LogP contribution in [0.25, 0.3) is 0 Å². The first-order valence-electron chi connectivity index (χ1n) is 14.9. The van der Waals surface area contributed by atoms with Gasteiger partial charge < -0.3 is 28.4 Å². The Morgan fingerprint density at radius 3 is 2.31 bits per heavy atom. The molecule has 0 amide bonds. The number of esters is 5. The summed E-state index contributed by atoms with van der Waals surface area (Å²) in [6.07, 6.45) is 1.53. The molecule has 9 atom stereocenters. The quantitative estimate of drug-likeness (QED) is 0.209. The summed E-state index contributed by atoms with van der Waals surface area (Å²) in [5.74, 6) is -3.34. The minimum atomic E-state index is -1.05. The zero-order valence-corrected chi connectivity index (χ0v) is 25.7. The maximum absolute atomic E-state index is 13.3. The van der Waals surface area contributed by atoms with Crippen LogP contribution in [0.4, 0.5) is 0 Å². The molecule has 11 nitrogen and oxygen atoms in total. The largest absolute Gasteiger partial charge is 0.465 e. The molecule has 0 aromatic rings. The van der Waals surface area contributed by atoms with Crippen molar-refractivity contribution in [2.24, 2.45) is 28.6 Å². The summed E-state index contributed by atoms with van der Waals surface area (Å²) < 4.78 is 35.2. The molecule has 4 aliphatic rings. The number of rotatable bonds is 10. The van der Waals surface area contributed by atoms with Crippen LogP contribution in [0.5, 0.6) is 0 Å². The average Bonchev–Trinajstić information content (AvgIpc) is 3.56. The molecule has 1 spiro atoms. The highest BCUT2D eigenvalue weighted by molar-refractivity contribution is 5.85. The lowest BCUT2D eigenvalue weighted by atomic mass is 9.42. The predicted octanol–water partition coefficient (Wildman–Crippen LogP) is 3.46. The van der Waals surface area contributed by atoms with Gasteiger partial charge >= 0.3 is 29.8 Å². The van der Waals surface area contributed by atoms with Gasteiger partial charge in [0.25, 0.3) is 0 Å². The van der Waals surface area contributed by atoms with E-state index in [-0.39, 0.29) is 37.4 Å². The summed E-state index contributed by atoms with van der Waals surface area (Å²) in [5, 5.41) is 0. The summed E-state index contributed by atoms with van der Waals surface area (Å²) >= 11 is 0. The molecular weight excluding hydrogens is 548 g/mol. The molecule has 42 heavy (non-hydrogen) atoms. The van der Waals surface area contributed by atoms with Gasteiger partial charge in [-0.25, -0.2) is 4.79 Å². The summed E-state index contributed by atoms with van der Waals surface area (Å²) in [6.45, 7) is 12.1. The molecule has 2 heterocycles. The molecule has 1 saturated heterocycles. The first-order valence-corrected chi connectivity index (χ1v) is 14.9. The Hall–Kier alpha value is -2.95. The van der Waals surface area contributed by atoms with E-state index in [0.29, 0.717) is 37.9 Å². The molecule has 2 aliphatic heterocycles. The van der Waals surface area contributed by atoms with Crippen molar-refractivity contribution in [3.63, 3.8) is 0 Å². The van der Waals surface area contributed by atoms with Crippen molar-refractivity contribution in [1.29, 1.82) is 0 Å². The molecule has 4 rings (SSSR count). The van der Waals surface area contributed by atoms with Crippen LogP contribution in [0.3, 0.4) is 0 Å². The van der Waals surface area contributed by atoms with E-state index in [9.17, 15) is 24.0 Å². The van der Waals surface area contributed by atoms with Gasteiger partial charge in [0, 0.05) is 38.3 Å². The van der Waals surface area contributed by atoms with Gasteiger partial charge in [0.05, 0.1) is 17.9 Å². The molecule has 0 radical (unpaired) electrons. The first-order chi connectivity index (χ1) is 19.7. The first kappa shape index (κ1) is 32.0. The van der Waals surface area contributed by atoms with Crippen molar-refractivity contribution in [3.05, 3.63) is 11.6 Å². The zero-order chi connectivity index (χ0) is 31.0. The second-order valence-electron chi connectivity index (χ2n) is 12.8. The lowest BCUT2D eigenvalue weighted by Crippen LogP contribution is -2.71. The topological polar surface area (TPSA) is 144 Å². The standard InChI is InChI=1S/C31H44O11/c1-8-17(2)28(36)42-23-9-10-30(15-39-30)31(16-38-19(4)32)25(41-21(6)34)11-18(3)29(7,27(23)31)13-24(40-20(5)33)22-12-26(35)37-14-22/h12,17-18,23-25,27H,8-11,13-16H2,1-7H3/t17-,18+,23+,24-,25-,27+,29-,30-,31+/m0/s1. The second kappa shape index (κ2) is 12.0. The van der Waals surface area contributed by atoms with E-state index in [0.717, 1.165) is 0 Å². The Morgan fingerprint density at radius 1 is 1.10 bits per heavy atom. The van der Waals surface area contributed by atoms with E-state index in [1.54, 1.807) is 0 Å². The van der Waals surface area contributed by atoms with E-state index < -0.39 is 64.5 Å². The number of hydrogen-bond donors (Lipinski definition) is 0. The van der Waals surface area contributed by atoms with Crippen molar-refractivity contribution in [2.45, 2.75) is 104 Å². The highest BCUT2D eigenvalue weighted by Gasteiger charge is 2.77. The molecule has 0 aromatic carbocycles. The Morgan fingerprint density at radius 2 is 1.79 bits per heavy atom. The van der Waals surface area contributed by atoms with Gasteiger partial charge in [-0.1, -0.05) is 27.7 Å². The minimum Gasteiger partial charge on any atom is -0.465 e. The zero-order valence-electron chi connectivity index (χ0n) is 25.7. The number of cyclic esters (lactones) is 1. The molecule has 0 N–H and O–H groups in total. The number of carbonyl (C=O) groups is 5. The maximum Gasteiger partial charge on any atom is 0.331 e. The molecule has 0 unspecified atom stereocenters. The Bertz CT molecular complexity index is 1140. The Balaban J connectivity index is 1.89. The summed E-state index contributed by atoms with van der Waals surface area (Å²) in [7, 11) is 0.